The second-order valence-corrected chi connectivity index (χ2v) is 4.40. The molecule has 0 fully saturated rings. The second-order valence-electron chi connectivity index (χ2n) is 4.40. The van der Waals surface area contributed by atoms with Crippen LogP contribution in [0, 0.1) is 0 Å². The summed E-state index contributed by atoms with van der Waals surface area (Å²) in [5.41, 5.74) is 7.33. The van der Waals surface area contributed by atoms with Gasteiger partial charge in [-0.15, -0.1) is 0 Å². The van der Waals surface area contributed by atoms with Gasteiger partial charge in [-0.1, -0.05) is 6.07 Å². The van der Waals surface area contributed by atoms with Crippen molar-refractivity contribution in [2.24, 2.45) is 0 Å². The zero-order valence-electron chi connectivity index (χ0n) is 11.6. The van der Waals surface area contributed by atoms with Crippen molar-refractivity contribution in [3.8, 4) is 17.5 Å². The molecule has 0 amide bonds. The molecule has 0 saturated heterocycles. The first-order valence-electron chi connectivity index (χ1n) is 6.69. The minimum Gasteiger partial charge on any atom is -0.478 e. The van der Waals surface area contributed by atoms with Crippen LogP contribution in [0.1, 0.15) is 6.92 Å². The summed E-state index contributed by atoms with van der Waals surface area (Å²) < 4.78 is 11.2. The van der Waals surface area contributed by atoms with Crippen LogP contribution in [-0.2, 0) is 0 Å². The summed E-state index contributed by atoms with van der Waals surface area (Å²) >= 11 is 0. The molecule has 5 nitrogen and oxygen atoms in total. The van der Waals surface area contributed by atoms with Crippen LogP contribution in [0.3, 0.4) is 0 Å². The average molecular weight is 281 g/mol. The van der Waals surface area contributed by atoms with Gasteiger partial charge in [-0.3, -0.25) is 4.98 Å². The van der Waals surface area contributed by atoms with Crippen LogP contribution >= 0.6 is 0 Å². The second kappa shape index (κ2) is 5.66. The van der Waals surface area contributed by atoms with Crippen molar-refractivity contribution < 1.29 is 9.47 Å². The maximum Gasteiger partial charge on any atom is 0.222 e. The molecule has 106 valence electrons. The third kappa shape index (κ3) is 2.72. The maximum atomic E-state index is 5.95. The topological polar surface area (TPSA) is 70.3 Å². The van der Waals surface area contributed by atoms with E-state index in [-0.39, 0.29) is 0 Å². The lowest BCUT2D eigenvalue weighted by Crippen LogP contribution is -1.97. The smallest absolute Gasteiger partial charge is 0.222 e. The number of hydrogen-bond acceptors (Lipinski definition) is 5. The van der Waals surface area contributed by atoms with Gasteiger partial charge in [0.25, 0.3) is 0 Å². The predicted octanol–water partition coefficient (Wildman–Crippen LogP) is 3.40. The van der Waals surface area contributed by atoms with E-state index >= 15 is 0 Å². The summed E-state index contributed by atoms with van der Waals surface area (Å²) in [6, 6.07) is 12.7. The number of anilines is 1. The Morgan fingerprint density at radius 1 is 1.05 bits per heavy atom. The van der Waals surface area contributed by atoms with E-state index in [1.807, 2.05) is 25.1 Å². The number of aromatic nitrogens is 2. The Balaban J connectivity index is 1.98. The molecule has 2 aromatic heterocycles. The first-order valence-corrected chi connectivity index (χ1v) is 6.69. The third-order valence-electron chi connectivity index (χ3n) is 2.97. The van der Waals surface area contributed by atoms with E-state index in [0.29, 0.717) is 35.3 Å². The average Bonchev–Trinajstić information content (AvgIpc) is 2.51. The fourth-order valence-electron chi connectivity index (χ4n) is 2.04. The molecule has 0 bridgehead atoms. The van der Waals surface area contributed by atoms with Gasteiger partial charge in [0.1, 0.15) is 5.52 Å². The molecule has 1 aromatic carbocycles. The number of pyridine rings is 2. The molecule has 2 heterocycles. The largest absolute Gasteiger partial charge is 0.478 e. The molecule has 0 spiro atoms. The van der Waals surface area contributed by atoms with Crippen molar-refractivity contribution in [1.29, 1.82) is 0 Å². The summed E-state index contributed by atoms with van der Waals surface area (Å²) in [6.07, 6.45) is 1.71. The van der Waals surface area contributed by atoms with E-state index in [1.54, 1.807) is 30.5 Å². The monoisotopic (exact) mass is 281 g/mol. The number of nitrogen functional groups attached to an aromatic ring is 1. The van der Waals surface area contributed by atoms with Crippen LogP contribution in [0.5, 0.6) is 17.5 Å². The van der Waals surface area contributed by atoms with Crippen molar-refractivity contribution in [2.45, 2.75) is 6.92 Å². The molecule has 21 heavy (non-hydrogen) atoms. The quantitative estimate of drug-likeness (QED) is 0.742. The molecule has 0 aliphatic rings. The zero-order chi connectivity index (χ0) is 14.7. The Morgan fingerprint density at radius 2 is 1.90 bits per heavy atom. The van der Waals surface area contributed by atoms with Gasteiger partial charge in [0, 0.05) is 29.4 Å². The van der Waals surface area contributed by atoms with Gasteiger partial charge in [-0.05, 0) is 31.2 Å². The molecular formula is C16H15N3O2. The number of benzene rings is 1. The lowest BCUT2D eigenvalue weighted by Gasteiger charge is -2.10. The molecule has 5 heteroatoms. The van der Waals surface area contributed by atoms with Gasteiger partial charge < -0.3 is 15.2 Å². The first kappa shape index (κ1) is 13.2. The van der Waals surface area contributed by atoms with Gasteiger partial charge in [0.05, 0.1) is 6.61 Å². The van der Waals surface area contributed by atoms with Gasteiger partial charge in [-0.25, -0.2) is 0 Å². The highest BCUT2D eigenvalue weighted by Gasteiger charge is 2.08. The van der Waals surface area contributed by atoms with Crippen molar-refractivity contribution in [3.05, 3.63) is 48.7 Å². The lowest BCUT2D eigenvalue weighted by molar-refractivity contribution is 0.321. The Hall–Kier alpha value is -2.82. The molecule has 0 radical (unpaired) electrons. The van der Waals surface area contributed by atoms with E-state index in [0.717, 1.165) is 5.39 Å². The van der Waals surface area contributed by atoms with E-state index in [4.69, 9.17) is 15.2 Å². The van der Waals surface area contributed by atoms with Crippen molar-refractivity contribution >= 4 is 16.6 Å². The Kier molecular flexibility index (Phi) is 3.55. The molecule has 0 aliphatic carbocycles. The van der Waals surface area contributed by atoms with E-state index in [9.17, 15) is 0 Å². The van der Waals surface area contributed by atoms with E-state index < -0.39 is 0 Å². The molecule has 2 N–H and O–H groups in total. The third-order valence-corrected chi connectivity index (χ3v) is 2.97. The summed E-state index contributed by atoms with van der Waals surface area (Å²) in [7, 11) is 0. The molecular weight excluding hydrogens is 266 g/mol. The van der Waals surface area contributed by atoms with E-state index in [1.165, 1.54) is 0 Å². The zero-order valence-corrected chi connectivity index (χ0v) is 11.6. The fraction of sp³-hybridized carbons (Fsp3) is 0.125. The van der Waals surface area contributed by atoms with Crippen LogP contribution in [-0.4, -0.2) is 16.6 Å². The number of hydrogen-bond donors (Lipinski definition) is 1. The van der Waals surface area contributed by atoms with E-state index in [2.05, 4.69) is 9.97 Å². The Labute approximate surface area is 122 Å². The first-order chi connectivity index (χ1) is 10.3. The van der Waals surface area contributed by atoms with Gasteiger partial charge >= 0.3 is 0 Å². The highest BCUT2D eigenvalue weighted by molar-refractivity contribution is 5.94. The molecule has 0 aliphatic heterocycles. The van der Waals surface area contributed by atoms with Crippen LogP contribution in [0.15, 0.2) is 48.7 Å². The maximum absolute atomic E-state index is 5.95. The predicted molar refractivity (Wildman–Crippen MR) is 81.6 cm³/mol. The summed E-state index contributed by atoms with van der Waals surface area (Å²) in [5, 5.41) is 0.857. The minimum absolute atomic E-state index is 0.456. The van der Waals surface area contributed by atoms with Crippen LogP contribution in [0.4, 0.5) is 5.69 Å². The highest BCUT2D eigenvalue weighted by atomic mass is 16.5. The highest BCUT2D eigenvalue weighted by Crippen LogP contribution is 2.31. The van der Waals surface area contributed by atoms with Crippen LogP contribution < -0.4 is 15.2 Å². The van der Waals surface area contributed by atoms with Gasteiger partial charge in [0.15, 0.2) is 5.75 Å². The van der Waals surface area contributed by atoms with Crippen LogP contribution in [0.2, 0.25) is 0 Å². The van der Waals surface area contributed by atoms with Crippen molar-refractivity contribution in [1.82, 2.24) is 9.97 Å². The summed E-state index contributed by atoms with van der Waals surface area (Å²) in [6.45, 7) is 2.47. The number of ether oxygens (including phenoxy) is 2. The van der Waals surface area contributed by atoms with Crippen LogP contribution in [0.25, 0.3) is 10.9 Å². The number of rotatable bonds is 4. The van der Waals surface area contributed by atoms with Gasteiger partial charge in [-0.2, -0.15) is 4.98 Å². The number of fused-ring (bicyclic) bond motifs is 1. The molecule has 3 rings (SSSR count). The molecule has 3 aromatic rings. The summed E-state index contributed by atoms with van der Waals surface area (Å²) in [4.78, 5) is 8.62. The molecule has 0 unspecified atom stereocenters. The minimum atomic E-state index is 0.456. The van der Waals surface area contributed by atoms with Gasteiger partial charge in [0.2, 0.25) is 11.8 Å². The molecule has 0 atom stereocenters. The number of nitrogens with zero attached hydrogens (tertiary/aromatic N) is 2. The Bertz CT molecular complexity index is 774. The number of nitrogens with two attached hydrogens (primary N) is 1. The van der Waals surface area contributed by atoms with Crippen molar-refractivity contribution in [2.75, 3.05) is 12.3 Å². The fourth-order valence-corrected chi connectivity index (χ4v) is 2.04. The molecule has 0 saturated carbocycles. The normalized spacial score (nSPS) is 10.5. The summed E-state index contributed by atoms with van der Waals surface area (Å²) in [5.74, 6) is 1.60. The standard InChI is InChI=1S/C16H15N3O2/c1-2-20-14-6-3-7-15(19-14)21-13-9-8-12(17)11-5-4-10-18-16(11)13/h3-10H,2,17H2,1H3. The van der Waals surface area contributed by atoms with Crippen molar-refractivity contribution in [3.63, 3.8) is 0 Å². The Morgan fingerprint density at radius 3 is 2.76 bits per heavy atom. The lowest BCUT2D eigenvalue weighted by atomic mass is 10.2. The SMILES string of the molecule is CCOc1cccc(Oc2ccc(N)c3cccnc23)n1.